The zero-order valence-corrected chi connectivity index (χ0v) is 22.8. The summed E-state index contributed by atoms with van der Waals surface area (Å²) in [4.78, 5) is 27.5. The molecule has 2 aromatic heterocycles. The van der Waals surface area contributed by atoms with E-state index in [-0.39, 0.29) is 24.6 Å². The highest BCUT2D eigenvalue weighted by atomic mass is 32.1. The lowest BCUT2D eigenvalue weighted by molar-refractivity contribution is -0.145. The normalized spacial score (nSPS) is 11.8. The summed E-state index contributed by atoms with van der Waals surface area (Å²) in [5.41, 5.74) is 9.71. The molecule has 0 aliphatic heterocycles. The molecule has 4 rings (SSSR count). The Morgan fingerprint density at radius 1 is 1.07 bits per heavy atom. The molecule has 1 atom stereocenters. The number of carbonyl (C=O) groups excluding carboxylic acids is 1. The number of ether oxygens (including phenoxy) is 2. The molecular weight excluding hydrogens is 552 g/mol. The SMILES string of the molecule is CCC(Oc1nc(Oc2cc(CNC(=O)C=Cc3ccsc3)cc(-c3cccc(CN)c3)c2)c(F)cc1F)C(=O)O. The summed E-state index contributed by atoms with van der Waals surface area (Å²) in [6.45, 7) is 1.99. The number of thiophene rings is 1. The van der Waals surface area contributed by atoms with Crippen molar-refractivity contribution in [3.63, 3.8) is 0 Å². The van der Waals surface area contributed by atoms with Gasteiger partial charge in [0.15, 0.2) is 17.7 Å². The maximum Gasteiger partial charge on any atom is 0.344 e. The highest BCUT2D eigenvalue weighted by molar-refractivity contribution is 7.08. The fourth-order valence-electron chi connectivity index (χ4n) is 3.80. The molecule has 212 valence electrons. The second-order valence-electron chi connectivity index (χ2n) is 8.90. The Kier molecular flexibility index (Phi) is 9.77. The highest BCUT2D eigenvalue weighted by Gasteiger charge is 2.22. The van der Waals surface area contributed by atoms with E-state index in [4.69, 9.17) is 15.2 Å². The number of benzene rings is 2. The molecule has 0 radical (unpaired) electrons. The lowest BCUT2D eigenvalue weighted by Gasteiger charge is -2.15. The topological polar surface area (TPSA) is 124 Å². The fraction of sp³-hybridized carbons (Fsp3) is 0.167. The van der Waals surface area contributed by atoms with Crippen LogP contribution in [-0.4, -0.2) is 28.1 Å². The molecule has 2 aromatic carbocycles. The maximum atomic E-state index is 14.7. The minimum atomic E-state index is -1.38. The van der Waals surface area contributed by atoms with Gasteiger partial charge >= 0.3 is 5.97 Å². The van der Waals surface area contributed by atoms with Gasteiger partial charge in [0, 0.05) is 25.2 Å². The molecule has 1 unspecified atom stereocenters. The molecule has 11 heteroatoms. The molecule has 0 spiro atoms. The van der Waals surface area contributed by atoms with E-state index in [9.17, 15) is 23.5 Å². The van der Waals surface area contributed by atoms with E-state index in [1.165, 1.54) is 17.4 Å². The van der Waals surface area contributed by atoms with Crippen LogP contribution >= 0.6 is 11.3 Å². The molecule has 0 aliphatic carbocycles. The van der Waals surface area contributed by atoms with E-state index in [1.807, 2.05) is 47.2 Å². The smallest absolute Gasteiger partial charge is 0.344 e. The van der Waals surface area contributed by atoms with Gasteiger partial charge in [0.2, 0.25) is 5.91 Å². The minimum Gasteiger partial charge on any atom is -0.479 e. The molecule has 0 bridgehead atoms. The Bertz CT molecular complexity index is 1560. The molecule has 0 fully saturated rings. The molecule has 4 aromatic rings. The summed E-state index contributed by atoms with van der Waals surface area (Å²) in [6, 6.07) is 14.9. The predicted molar refractivity (Wildman–Crippen MR) is 152 cm³/mol. The van der Waals surface area contributed by atoms with Gasteiger partial charge in [0.25, 0.3) is 11.8 Å². The van der Waals surface area contributed by atoms with Gasteiger partial charge in [0.05, 0.1) is 0 Å². The van der Waals surface area contributed by atoms with Crippen molar-refractivity contribution in [2.75, 3.05) is 0 Å². The zero-order chi connectivity index (χ0) is 29.4. The Hall–Kier alpha value is -4.61. The first kappa shape index (κ1) is 29.4. The van der Waals surface area contributed by atoms with Crippen LogP contribution in [0.2, 0.25) is 0 Å². The molecule has 1 amide bonds. The van der Waals surface area contributed by atoms with Crippen molar-refractivity contribution in [1.29, 1.82) is 0 Å². The molecule has 4 N–H and O–H groups in total. The fourth-order valence-corrected chi connectivity index (χ4v) is 4.43. The Labute approximate surface area is 239 Å². The Balaban J connectivity index is 1.64. The zero-order valence-electron chi connectivity index (χ0n) is 22.0. The van der Waals surface area contributed by atoms with Crippen molar-refractivity contribution in [3.8, 4) is 28.6 Å². The summed E-state index contributed by atoms with van der Waals surface area (Å²) in [5.74, 6) is -5.07. The summed E-state index contributed by atoms with van der Waals surface area (Å²) in [6.07, 6.45) is 1.78. The first-order chi connectivity index (χ1) is 19.7. The van der Waals surface area contributed by atoms with Crippen LogP contribution in [0.25, 0.3) is 17.2 Å². The number of pyridine rings is 1. The average Bonchev–Trinajstić information content (AvgIpc) is 3.49. The third kappa shape index (κ3) is 7.96. The number of nitrogens with zero attached hydrogens (tertiary/aromatic N) is 1. The standard InChI is InChI=1S/C30H27F2N3O5S/c1-2-26(30(37)38)40-29-25(32)14-24(31)28(35-29)39-23-12-20(16-34-27(36)7-6-18-8-9-41-17-18)11-22(13-23)21-5-3-4-19(10-21)15-33/h3-14,17,26H,2,15-16,33H2,1H3,(H,34,36)(H,37,38). The number of carboxylic acid groups (broad SMARTS) is 1. The van der Waals surface area contributed by atoms with Crippen molar-refractivity contribution in [2.45, 2.75) is 32.5 Å². The maximum absolute atomic E-state index is 14.7. The predicted octanol–water partition coefficient (Wildman–Crippen LogP) is 5.91. The largest absolute Gasteiger partial charge is 0.479 e. The summed E-state index contributed by atoms with van der Waals surface area (Å²) in [5, 5.41) is 15.9. The molecule has 8 nitrogen and oxygen atoms in total. The number of hydrogen-bond acceptors (Lipinski definition) is 7. The lowest BCUT2D eigenvalue weighted by Crippen LogP contribution is -2.26. The number of rotatable bonds is 12. The molecule has 0 saturated carbocycles. The van der Waals surface area contributed by atoms with Crippen LogP contribution in [0, 0.1) is 11.6 Å². The van der Waals surface area contributed by atoms with Gasteiger partial charge in [-0.2, -0.15) is 16.3 Å². The Morgan fingerprint density at radius 2 is 1.85 bits per heavy atom. The number of aromatic nitrogens is 1. The van der Waals surface area contributed by atoms with Crippen LogP contribution in [0.4, 0.5) is 8.78 Å². The third-order valence-corrected chi connectivity index (χ3v) is 6.58. The summed E-state index contributed by atoms with van der Waals surface area (Å²) in [7, 11) is 0. The van der Waals surface area contributed by atoms with Crippen LogP contribution in [-0.2, 0) is 22.7 Å². The van der Waals surface area contributed by atoms with E-state index >= 15 is 0 Å². The quantitative estimate of drug-likeness (QED) is 0.178. The van der Waals surface area contributed by atoms with E-state index in [0.29, 0.717) is 23.7 Å². The van der Waals surface area contributed by atoms with Crippen LogP contribution in [0.5, 0.6) is 17.5 Å². The second-order valence-corrected chi connectivity index (χ2v) is 9.68. The summed E-state index contributed by atoms with van der Waals surface area (Å²) < 4.78 is 39.9. The number of carboxylic acids is 1. The molecule has 0 aliphatic rings. The van der Waals surface area contributed by atoms with Gasteiger partial charge in [-0.15, -0.1) is 0 Å². The van der Waals surface area contributed by atoms with Crippen molar-refractivity contribution in [1.82, 2.24) is 10.3 Å². The van der Waals surface area contributed by atoms with Crippen LogP contribution in [0.1, 0.15) is 30.0 Å². The molecular formula is C30H27F2N3O5S. The van der Waals surface area contributed by atoms with Crippen molar-refractivity contribution in [2.24, 2.45) is 5.73 Å². The van der Waals surface area contributed by atoms with Crippen molar-refractivity contribution >= 4 is 29.3 Å². The van der Waals surface area contributed by atoms with E-state index in [2.05, 4.69) is 10.3 Å². The Morgan fingerprint density at radius 3 is 2.56 bits per heavy atom. The van der Waals surface area contributed by atoms with Crippen LogP contribution in [0.3, 0.4) is 0 Å². The lowest BCUT2D eigenvalue weighted by atomic mass is 10.0. The number of carbonyl (C=O) groups is 2. The molecule has 0 saturated heterocycles. The van der Waals surface area contributed by atoms with E-state index < -0.39 is 35.5 Å². The highest BCUT2D eigenvalue weighted by Crippen LogP contribution is 2.32. The summed E-state index contributed by atoms with van der Waals surface area (Å²) >= 11 is 1.52. The number of amides is 1. The number of nitrogens with two attached hydrogens (primary N) is 1. The number of aliphatic carboxylic acids is 1. The van der Waals surface area contributed by atoms with E-state index in [0.717, 1.165) is 16.7 Å². The molecule has 2 heterocycles. The third-order valence-electron chi connectivity index (χ3n) is 5.88. The van der Waals surface area contributed by atoms with Gasteiger partial charge < -0.3 is 25.6 Å². The van der Waals surface area contributed by atoms with Crippen LogP contribution < -0.4 is 20.5 Å². The van der Waals surface area contributed by atoms with Gasteiger partial charge in [-0.25, -0.2) is 13.6 Å². The average molecular weight is 580 g/mol. The van der Waals surface area contributed by atoms with E-state index in [1.54, 1.807) is 25.1 Å². The van der Waals surface area contributed by atoms with Gasteiger partial charge in [-0.3, -0.25) is 4.79 Å². The van der Waals surface area contributed by atoms with Crippen molar-refractivity contribution in [3.05, 3.63) is 99.8 Å². The monoisotopic (exact) mass is 579 g/mol. The van der Waals surface area contributed by atoms with Gasteiger partial charge in [-0.05, 0) is 81.4 Å². The first-order valence-electron chi connectivity index (χ1n) is 12.6. The number of nitrogens with one attached hydrogen (secondary N) is 1. The number of hydrogen-bond donors (Lipinski definition) is 3. The van der Waals surface area contributed by atoms with Gasteiger partial charge in [-0.1, -0.05) is 25.1 Å². The van der Waals surface area contributed by atoms with Gasteiger partial charge in [0.1, 0.15) is 5.75 Å². The minimum absolute atomic E-state index is 0.0332. The van der Waals surface area contributed by atoms with Crippen LogP contribution in [0.15, 0.2) is 71.4 Å². The first-order valence-corrected chi connectivity index (χ1v) is 13.5. The van der Waals surface area contributed by atoms with Crippen molar-refractivity contribution < 1.29 is 33.0 Å². The molecule has 41 heavy (non-hydrogen) atoms. The second kappa shape index (κ2) is 13.6. The number of halogens is 2.